The Morgan fingerprint density at radius 1 is 1.07 bits per heavy atom. The number of hydrogen-bond donors (Lipinski definition) is 1. The summed E-state index contributed by atoms with van der Waals surface area (Å²) in [5.41, 5.74) is 0. The maximum Gasteiger partial charge on any atom is 1.00 e. The molecule has 5 nitrogen and oxygen atoms in total. The molecule has 0 spiro atoms. The van der Waals surface area contributed by atoms with Crippen LogP contribution in [0.2, 0.25) is 0 Å². The van der Waals surface area contributed by atoms with Gasteiger partial charge in [0.05, 0.1) is 11.4 Å². The van der Waals surface area contributed by atoms with E-state index in [-0.39, 0.29) is 51.4 Å². The molecule has 0 amide bonds. The van der Waals surface area contributed by atoms with E-state index < -0.39 is 22.4 Å². The van der Waals surface area contributed by atoms with Gasteiger partial charge in [-0.25, -0.2) is 4.21 Å². The van der Waals surface area contributed by atoms with Crippen molar-refractivity contribution in [2.24, 2.45) is 0 Å². The van der Waals surface area contributed by atoms with Gasteiger partial charge in [-0.15, -0.1) is 0 Å². The molecule has 1 rings (SSSR count). The van der Waals surface area contributed by atoms with E-state index in [1.807, 2.05) is 0 Å². The maximum atomic E-state index is 10.2. The average molecular weight is 261 g/mol. The molecule has 2 unspecified atom stereocenters. The first-order valence-electron chi connectivity index (χ1n) is 2.96. The molecule has 0 heterocycles. The zero-order valence-electron chi connectivity index (χ0n) is 7.28. The topological polar surface area (TPSA) is 100 Å². The summed E-state index contributed by atoms with van der Waals surface area (Å²) in [4.78, 5) is 0.331. The fraction of sp³-hybridized carbons (Fsp3) is 0. The third kappa shape index (κ3) is 11.1. The van der Waals surface area contributed by atoms with Gasteiger partial charge in [-0.2, -0.15) is 0 Å². The van der Waals surface area contributed by atoms with Crippen molar-refractivity contribution >= 4 is 22.4 Å². The van der Waals surface area contributed by atoms with Crippen molar-refractivity contribution < 1.29 is 73.5 Å². The zero-order chi connectivity index (χ0) is 10.3. The molecule has 0 aliphatic heterocycles. The van der Waals surface area contributed by atoms with E-state index in [9.17, 15) is 8.76 Å². The fourth-order valence-corrected chi connectivity index (χ4v) is 0.911. The Morgan fingerprint density at radius 2 is 1.43 bits per heavy atom. The Bertz CT molecular complexity index is 288. The van der Waals surface area contributed by atoms with Crippen LogP contribution in [0.4, 0.5) is 0 Å². The zero-order valence-corrected chi connectivity index (χ0v) is 12.0. The van der Waals surface area contributed by atoms with Crippen LogP contribution in [0.5, 0.6) is 0 Å². The molecular formula is C6H6KO5S2-. The van der Waals surface area contributed by atoms with E-state index in [0.29, 0.717) is 4.90 Å². The summed E-state index contributed by atoms with van der Waals surface area (Å²) in [5, 5.41) is 0. The van der Waals surface area contributed by atoms with Gasteiger partial charge in [0.2, 0.25) is 0 Å². The first kappa shape index (κ1) is 17.4. The molecule has 0 radical (unpaired) electrons. The summed E-state index contributed by atoms with van der Waals surface area (Å²) in [6.07, 6.45) is 0. The monoisotopic (exact) mass is 261 g/mol. The molecule has 1 aromatic rings. The summed E-state index contributed by atoms with van der Waals surface area (Å²) < 4.78 is 44.5. The fourth-order valence-electron chi connectivity index (χ4n) is 0.532. The van der Waals surface area contributed by atoms with Crippen LogP contribution >= 0.6 is 0 Å². The molecule has 1 aromatic carbocycles. The van der Waals surface area contributed by atoms with Crippen LogP contribution in [0.15, 0.2) is 35.2 Å². The van der Waals surface area contributed by atoms with E-state index in [4.69, 9.17) is 13.3 Å². The molecule has 8 heteroatoms. The van der Waals surface area contributed by atoms with Crippen LogP contribution in [-0.2, 0) is 22.4 Å². The van der Waals surface area contributed by atoms with Gasteiger partial charge in [0.1, 0.15) is 0 Å². The first-order chi connectivity index (χ1) is 6.04. The quantitative estimate of drug-likeness (QED) is 0.437. The standard InChI is InChI=1S/C6H6O2S.K.H2O3S/c7-9(8)6-4-2-1-3-5-6;;1-4(2)3/h1-5H,(H,7,8);;(H2,1,2,3)/q;+1;/p-2. The van der Waals surface area contributed by atoms with Crippen molar-refractivity contribution in [3.8, 4) is 0 Å². The number of rotatable bonds is 1. The summed E-state index contributed by atoms with van der Waals surface area (Å²) >= 11 is -4.94. The van der Waals surface area contributed by atoms with Crippen LogP contribution in [0, 0.1) is 0 Å². The SMILES string of the molecule is O=S([O-])O.O=S([O-])c1ccccc1.[K+]. The summed E-state index contributed by atoms with van der Waals surface area (Å²) in [6.45, 7) is 0. The Hall–Kier alpha value is 1.04. The summed E-state index contributed by atoms with van der Waals surface area (Å²) in [7, 11) is 0. The van der Waals surface area contributed by atoms with Gasteiger partial charge >= 0.3 is 51.4 Å². The predicted molar refractivity (Wildman–Crippen MR) is 45.2 cm³/mol. The van der Waals surface area contributed by atoms with Gasteiger partial charge in [0.15, 0.2) is 0 Å². The largest absolute Gasteiger partial charge is 1.00 e. The van der Waals surface area contributed by atoms with Crippen molar-refractivity contribution in [1.29, 1.82) is 0 Å². The number of hydrogen-bond acceptors (Lipinski definition) is 4. The van der Waals surface area contributed by atoms with Gasteiger partial charge in [-0.1, -0.05) is 18.2 Å². The van der Waals surface area contributed by atoms with Gasteiger partial charge in [-0.3, -0.25) is 4.21 Å². The van der Waals surface area contributed by atoms with Gasteiger partial charge in [0, 0.05) is 4.90 Å². The average Bonchev–Trinajstić information content (AvgIpc) is 2.05. The minimum atomic E-state index is -2.86. The second kappa shape index (κ2) is 10.6. The second-order valence-corrected chi connectivity index (χ2v) is 3.14. The summed E-state index contributed by atoms with van der Waals surface area (Å²) in [5.74, 6) is 0. The predicted octanol–water partition coefficient (Wildman–Crippen LogP) is -2.73. The normalized spacial score (nSPS) is 12.8. The second-order valence-electron chi connectivity index (χ2n) is 1.76. The van der Waals surface area contributed by atoms with E-state index >= 15 is 0 Å². The molecule has 0 bridgehead atoms. The molecule has 0 aliphatic rings. The minimum Gasteiger partial charge on any atom is -0.768 e. The van der Waals surface area contributed by atoms with Gasteiger partial charge in [0.25, 0.3) is 0 Å². The maximum absolute atomic E-state index is 10.2. The van der Waals surface area contributed by atoms with E-state index in [2.05, 4.69) is 0 Å². The molecule has 0 aromatic heterocycles. The number of benzene rings is 1. The Balaban J connectivity index is 0. The molecule has 2 atom stereocenters. The molecule has 14 heavy (non-hydrogen) atoms. The van der Waals surface area contributed by atoms with Crippen molar-refractivity contribution in [3.05, 3.63) is 30.3 Å². The van der Waals surface area contributed by atoms with Crippen molar-refractivity contribution in [3.63, 3.8) is 0 Å². The van der Waals surface area contributed by atoms with Crippen molar-refractivity contribution in [2.75, 3.05) is 0 Å². The molecule has 0 fully saturated rings. The molecule has 74 valence electrons. The Kier molecular flexibility index (Phi) is 13.1. The van der Waals surface area contributed by atoms with Crippen LogP contribution in [-0.4, -0.2) is 22.1 Å². The Labute approximate surface area is 129 Å². The van der Waals surface area contributed by atoms with Crippen LogP contribution < -0.4 is 51.4 Å². The Morgan fingerprint density at radius 3 is 1.64 bits per heavy atom. The smallest absolute Gasteiger partial charge is 0.768 e. The van der Waals surface area contributed by atoms with Crippen LogP contribution in [0.3, 0.4) is 0 Å². The van der Waals surface area contributed by atoms with Crippen molar-refractivity contribution in [2.45, 2.75) is 4.90 Å². The van der Waals surface area contributed by atoms with Gasteiger partial charge in [-0.05, 0) is 23.2 Å². The van der Waals surface area contributed by atoms with E-state index in [1.165, 1.54) is 0 Å². The van der Waals surface area contributed by atoms with Crippen LogP contribution in [0.1, 0.15) is 0 Å². The minimum absolute atomic E-state index is 0. The third-order valence-corrected chi connectivity index (χ3v) is 1.59. The molecule has 0 aliphatic carbocycles. The van der Waals surface area contributed by atoms with Crippen molar-refractivity contribution in [1.82, 2.24) is 0 Å². The third-order valence-electron chi connectivity index (χ3n) is 0.936. The first-order valence-corrected chi connectivity index (χ1v) is 5.07. The molecule has 1 N–H and O–H groups in total. The molecular weight excluding hydrogens is 255 g/mol. The van der Waals surface area contributed by atoms with E-state index in [0.717, 1.165) is 0 Å². The van der Waals surface area contributed by atoms with Crippen LogP contribution in [0.25, 0.3) is 0 Å². The van der Waals surface area contributed by atoms with E-state index in [1.54, 1.807) is 30.3 Å². The molecule has 0 saturated carbocycles. The molecule has 0 saturated heterocycles. The summed E-state index contributed by atoms with van der Waals surface area (Å²) in [6, 6.07) is 8.23. The van der Waals surface area contributed by atoms with Gasteiger partial charge < -0.3 is 13.7 Å².